The van der Waals surface area contributed by atoms with Crippen LogP contribution in [0.2, 0.25) is 0 Å². The van der Waals surface area contributed by atoms with Gasteiger partial charge >= 0.3 is 0 Å². The molecular formula is C20H34O3. The average Bonchev–Trinajstić information content (AvgIpc) is 2.60. The fraction of sp³-hybridized carbons (Fsp3) is 0.800. The van der Waals surface area contributed by atoms with Crippen molar-refractivity contribution in [3.63, 3.8) is 0 Å². The summed E-state index contributed by atoms with van der Waals surface area (Å²) in [4.78, 5) is 0. The minimum atomic E-state index is -1.23. The van der Waals surface area contributed by atoms with E-state index in [1.54, 1.807) is 6.92 Å². The van der Waals surface area contributed by atoms with E-state index in [1.807, 2.05) is 0 Å². The number of aliphatic hydroxyl groups excluding tert-OH is 2. The van der Waals surface area contributed by atoms with Crippen molar-refractivity contribution >= 4 is 0 Å². The molecule has 2 aliphatic rings. The van der Waals surface area contributed by atoms with E-state index in [2.05, 4.69) is 33.4 Å². The number of hydrogen-bond acceptors (Lipinski definition) is 3. The van der Waals surface area contributed by atoms with Crippen molar-refractivity contribution in [3.8, 4) is 0 Å². The topological polar surface area (TPSA) is 60.7 Å². The number of rotatable bonds is 4. The first-order chi connectivity index (χ1) is 10.7. The van der Waals surface area contributed by atoms with Crippen LogP contribution < -0.4 is 0 Å². The maximum Gasteiger partial charge on any atom is 0.0936 e. The largest absolute Gasteiger partial charge is 0.392 e. The molecule has 0 heterocycles. The highest BCUT2D eigenvalue weighted by Crippen LogP contribution is 2.51. The second-order valence-corrected chi connectivity index (χ2v) is 8.30. The van der Waals surface area contributed by atoms with E-state index in [1.165, 1.54) is 5.57 Å². The monoisotopic (exact) mass is 322 g/mol. The molecule has 7 unspecified atom stereocenters. The van der Waals surface area contributed by atoms with Gasteiger partial charge in [-0.05, 0) is 70.6 Å². The van der Waals surface area contributed by atoms with Gasteiger partial charge in [-0.2, -0.15) is 0 Å². The molecule has 0 spiro atoms. The third-order valence-corrected chi connectivity index (χ3v) is 6.30. The van der Waals surface area contributed by atoms with Crippen LogP contribution >= 0.6 is 0 Å². The molecule has 0 aromatic carbocycles. The summed E-state index contributed by atoms with van der Waals surface area (Å²) in [7, 11) is 0. The van der Waals surface area contributed by atoms with Crippen molar-refractivity contribution in [2.75, 3.05) is 0 Å². The molecule has 2 rings (SSSR count). The molecule has 3 N–H and O–H groups in total. The van der Waals surface area contributed by atoms with Crippen LogP contribution in [0.3, 0.4) is 0 Å². The Morgan fingerprint density at radius 2 is 2.04 bits per heavy atom. The van der Waals surface area contributed by atoms with Crippen molar-refractivity contribution in [1.29, 1.82) is 0 Å². The van der Waals surface area contributed by atoms with Crippen LogP contribution in [-0.4, -0.2) is 33.1 Å². The number of allylic oxidation sites excluding steroid dienone is 3. The highest BCUT2D eigenvalue weighted by molar-refractivity contribution is 5.17. The summed E-state index contributed by atoms with van der Waals surface area (Å²) in [6.45, 7) is 12.3. The zero-order valence-corrected chi connectivity index (χ0v) is 15.1. The van der Waals surface area contributed by atoms with Crippen molar-refractivity contribution in [1.82, 2.24) is 0 Å². The molecule has 0 bridgehead atoms. The first-order valence-electron chi connectivity index (χ1n) is 9.05. The SMILES string of the molecule is C=C1CCC(C(C)CCC=C(C)C)C(O)C2C1CC(O)C2(C)O. The molecule has 2 saturated carbocycles. The quantitative estimate of drug-likeness (QED) is 0.695. The Hall–Kier alpha value is -0.640. The average molecular weight is 322 g/mol. The minimum absolute atomic E-state index is 0.0324. The van der Waals surface area contributed by atoms with Gasteiger partial charge in [0.05, 0.1) is 17.8 Å². The van der Waals surface area contributed by atoms with Gasteiger partial charge in [0, 0.05) is 5.92 Å². The molecule has 2 fully saturated rings. The van der Waals surface area contributed by atoms with Gasteiger partial charge in [0.2, 0.25) is 0 Å². The van der Waals surface area contributed by atoms with Crippen LogP contribution in [0.15, 0.2) is 23.8 Å². The Balaban J connectivity index is 2.16. The molecule has 0 saturated heterocycles. The molecule has 132 valence electrons. The van der Waals surface area contributed by atoms with Crippen LogP contribution in [0.4, 0.5) is 0 Å². The standard InChI is InChI=1S/C20H34O3/c1-12(2)7-6-8-13(3)15-10-9-14(4)16-11-17(21)20(5,23)18(16)19(15)22/h7,13,15-19,21-23H,4,6,8-11H2,1-3,5H3. The van der Waals surface area contributed by atoms with E-state index in [-0.39, 0.29) is 17.8 Å². The summed E-state index contributed by atoms with van der Waals surface area (Å²) >= 11 is 0. The lowest BCUT2D eigenvalue weighted by Gasteiger charge is -2.38. The maximum absolute atomic E-state index is 11.0. The van der Waals surface area contributed by atoms with Crippen LogP contribution in [0, 0.1) is 23.7 Å². The van der Waals surface area contributed by atoms with Gasteiger partial charge in [0.1, 0.15) is 0 Å². The van der Waals surface area contributed by atoms with E-state index in [0.717, 1.165) is 31.3 Å². The first kappa shape index (κ1) is 18.7. The zero-order valence-electron chi connectivity index (χ0n) is 15.1. The number of fused-ring (bicyclic) bond motifs is 1. The fourth-order valence-corrected chi connectivity index (χ4v) is 4.70. The van der Waals surface area contributed by atoms with E-state index in [0.29, 0.717) is 12.3 Å². The normalized spacial score (nSPS) is 42.0. The second kappa shape index (κ2) is 7.08. The van der Waals surface area contributed by atoms with E-state index in [9.17, 15) is 15.3 Å². The lowest BCUT2D eigenvalue weighted by molar-refractivity contribution is -0.115. The predicted octanol–water partition coefficient (Wildman–Crippen LogP) is 3.44. The Bertz CT molecular complexity index is 462. The zero-order chi connectivity index (χ0) is 17.4. The fourth-order valence-electron chi connectivity index (χ4n) is 4.70. The molecular weight excluding hydrogens is 288 g/mol. The lowest BCUT2D eigenvalue weighted by Crippen LogP contribution is -2.48. The Morgan fingerprint density at radius 1 is 1.39 bits per heavy atom. The molecule has 7 atom stereocenters. The molecule has 0 aromatic heterocycles. The molecule has 0 amide bonds. The molecule has 3 heteroatoms. The summed E-state index contributed by atoms with van der Waals surface area (Å²) in [5.41, 5.74) is 1.19. The third-order valence-electron chi connectivity index (χ3n) is 6.30. The van der Waals surface area contributed by atoms with E-state index >= 15 is 0 Å². The Kier molecular flexibility index (Phi) is 5.76. The highest BCUT2D eigenvalue weighted by Gasteiger charge is 2.56. The van der Waals surface area contributed by atoms with E-state index in [4.69, 9.17) is 0 Å². The van der Waals surface area contributed by atoms with Crippen LogP contribution in [0.5, 0.6) is 0 Å². The molecule has 23 heavy (non-hydrogen) atoms. The Morgan fingerprint density at radius 3 is 2.65 bits per heavy atom. The summed E-state index contributed by atoms with van der Waals surface area (Å²) in [6, 6.07) is 0. The minimum Gasteiger partial charge on any atom is -0.392 e. The van der Waals surface area contributed by atoms with Crippen molar-refractivity contribution < 1.29 is 15.3 Å². The van der Waals surface area contributed by atoms with Gasteiger partial charge in [0.25, 0.3) is 0 Å². The summed E-state index contributed by atoms with van der Waals surface area (Å²) in [5.74, 6) is 0.276. The summed E-state index contributed by atoms with van der Waals surface area (Å²) in [6.07, 6.45) is 5.30. The highest BCUT2D eigenvalue weighted by atomic mass is 16.3. The van der Waals surface area contributed by atoms with Gasteiger partial charge in [-0.25, -0.2) is 0 Å². The number of hydrogen-bond donors (Lipinski definition) is 3. The Labute approximate surface area is 141 Å². The summed E-state index contributed by atoms with van der Waals surface area (Å²) in [5, 5.41) is 32.0. The lowest BCUT2D eigenvalue weighted by atomic mass is 9.73. The first-order valence-corrected chi connectivity index (χ1v) is 9.05. The van der Waals surface area contributed by atoms with Gasteiger partial charge in [-0.3, -0.25) is 0 Å². The number of aliphatic hydroxyl groups is 3. The second-order valence-electron chi connectivity index (χ2n) is 8.30. The van der Waals surface area contributed by atoms with Crippen molar-refractivity contribution in [3.05, 3.63) is 23.8 Å². The van der Waals surface area contributed by atoms with E-state index < -0.39 is 17.8 Å². The van der Waals surface area contributed by atoms with Crippen LogP contribution in [-0.2, 0) is 0 Å². The maximum atomic E-state index is 11.0. The molecule has 0 aromatic rings. The molecule has 3 nitrogen and oxygen atoms in total. The third kappa shape index (κ3) is 3.72. The smallest absolute Gasteiger partial charge is 0.0936 e. The molecule has 0 aliphatic heterocycles. The van der Waals surface area contributed by atoms with Crippen LogP contribution in [0.25, 0.3) is 0 Å². The van der Waals surface area contributed by atoms with Crippen molar-refractivity contribution in [2.45, 2.75) is 77.6 Å². The molecule has 0 radical (unpaired) electrons. The van der Waals surface area contributed by atoms with Gasteiger partial charge in [-0.15, -0.1) is 0 Å². The van der Waals surface area contributed by atoms with Gasteiger partial charge in [-0.1, -0.05) is 30.7 Å². The van der Waals surface area contributed by atoms with Crippen LogP contribution in [0.1, 0.15) is 59.8 Å². The van der Waals surface area contributed by atoms with Crippen molar-refractivity contribution in [2.24, 2.45) is 23.7 Å². The van der Waals surface area contributed by atoms with Gasteiger partial charge in [0.15, 0.2) is 0 Å². The summed E-state index contributed by atoms with van der Waals surface area (Å²) < 4.78 is 0. The predicted molar refractivity (Wildman–Crippen MR) is 93.9 cm³/mol. The van der Waals surface area contributed by atoms with Gasteiger partial charge < -0.3 is 15.3 Å². The molecule has 2 aliphatic carbocycles.